The normalized spacial score (nSPS) is 17.4. The van der Waals surface area contributed by atoms with Gasteiger partial charge in [-0.05, 0) is 18.9 Å². The number of anilines is 1. The molecule has 1 aromatic carbocycles. The molecule has 1 aliphatic heterocycles. The van der Waals surface area contributed by atoms with E-state index in [0.717, 1.165) is 18.7 Å². The quantitative estimate of drug-likeness (QED) is 0.646. The predicted molar refractivity (Wildman–Crippen MR) is 119 cm³/mol. The van der Waals surface area contributed by atoms with Crippen LogP contribution in [0, 0.1) is 0 Å². The second-order valence-electron chi connectivity index (χ2n) is 8.48. The van der Waals surface area contributed by atoms with Crippen LogP contribution in [0.3, 0.4) is 0 Å². The third-order valence-corrected chi connectivity index (χ3v) is 6.67. The van der Waals surface area contributed by atoms with Gasteiger partial charge in [-0.15, -0.1) is 0 Å². The zero-order valence-corrected chi connectivity index (χ0v) is 18.2. The standard InChI is InChI=1S/C23H29N5O3/c1-30-20-11-16-17(12-21(20)31-2)25-23(26-22(16)29)27-10-9-19-18(13-27)24-14-28(19)15-7-5-3-4-6-8-15/h11-12,14-15H,3-10,13H2,1-2H3,(H,25,26,29). The Balaban J connectivity index is 1.44. The average molecular weight is 424 g/mol. The van der Waals surface area contributed by atoms with Gasteiger partial charge in [-0.1, -0.05) is 25.7 Å². The van der Waals surface area contributed by atoms with Crippen LogP contribution in [0.15, 0.2) is 23.3 Å². The number of benzene rings is 1. The first-order chi connectivity index (χ1) is 15.2. The van der Waals surface area contributed by atoms with Crippen molar-refractivity contribution in [2.24, 2.45) is 0 Å². The molecular weight excluding hydrogens is 394 g/mol. The van der Waals surface area contributed by atoms with E-state index in [4.69, 9.17) is 14.5 Å². The highest BCUT2D eigenvalue weighted by atomic mass is 16.5. The molecule has 31 heavy (non-hydrogen) atoms. The first kappa shape index (κ1) is 19.9. The average Bonchev–Trinajstić information content (AvgIpc) is 3.03. The minimum absolute atomic E-state index is 0.278. The van der Waals surface area contributed by atoms with Crippen LogP contribution in [0.1, 0.15) is 56.0 Å². The zero-order valence-electron chi connectivity index (χ0n) is 18.2. The molecule has 8 heteroatoms. The molecule has 1 fully saturated rings. The van der Waals surface area contributed by atoms with Gasteiger partial charge in [0.15, 0.2) is 11.5 Å². The Bertz CT molecular complexity index is 1140. The Morgan fingerprint density at radius 2 is 1.81 bits per heavy atom. The van der Waals surface area contributed by atoms with E-state index in [1.807, 2.05) is 6.33 Å². The molecule has 0 unspecified atom stereocenters. The fourth-order valence-electron chi connectivity index (χ4n) is 4.98. The van der Waals surface area contributed by atoms with Crippen molar-refractivity contribution in [3.05, 3.63) is 40.2 Å². The van der Waals surface area contributed by atoms with Crippen LogP contribution in [0.5, 0.6) is 11.5 Å². The number of methoxy groups -OCH3 is 2. The molecule has 0 amide bonds. The highest BCUT2D eigenvalue weighted by molar-refractivity contribution is 5.82. The van der Waals surface area contributed by atoms with Gasteiger partial charge in [-0.25, -0.2) is 4.98 Å². The minimum Gasteiger partial charge on any atom is -0.493 e. The van der Waals surface area contributed by atoms with Crippen molar-refractivity contribution in [1.29, 1.82) is 0 Å². The van der Waals surface area contributed by atoms with E-state index >= 15 is 0 Å². The van der Waals surface area contributed by atoms with Gasteiger partial charge in [0, 0.05) is 30.8 Å². The number of hydrogen-bond donors (Lipinski definition) is 1. The molecule has 0 radical (unpaired) electrons. The topological polar surface area (TPSA) is 85.3 Å². The molecule has 0 saturated heterocycles. The number of aromatic amines is 1. The fraction of sp³-hybridized carbons (Fsp3) is 0.522. The van der Waals surface area contributed by atoms with Gasteiger partial charge in [0.05, 0.1) is 43.7 Å². The molecule has 164 valence electrons. The summed E-state index contributed by atoms with van der Waals surface area (Å²) in [7, 11) is 3.14. The van der Waals surface area contributed by atoms with Crippen LogP contribution in [0.4, 0.5) is 5.95 Å². The molecule has 5 rings (SSSR count). The summed E-state index contributed by atoms with van der Waals surface area (Å²) in [4.78, 5) is 27.2. The maximum atomic E-state index is 12.7. The number of nitrogens with zero attached hydrogens (tertiary/aromatic N) is 4. The molecule has 2 aromatic heterocycles. The number of ether oxygens (including phenoxy) is 2. The largest absolute Gasteiger partial charge is 0.493 e. The van der Waals surface area contributed by atoms with E-state index in [0.29, 0.717) is 40.9 Å². The van der Waals surface area contributed by atoms with Gasteiger partial charge >= 0.3 is 0 Å². The molecular formula is C23H29N5O3. The molecule has 8 nitrogen and oxygen atoms in total. The van der Waals surface area contributed by atoms with E-state index in [1.165, 1.54) is 44.2 Å². The monoisotopic (exact) mass is 423 g/mol. The van der Waals surface area contributed by atoms with Crippen molar-refractivity contribution < 1.29 is 9.47 Å². The van der Waals surface area contributed by atoms with E-state index in [9.17, 15) is 4.79 Å². The lowest BCUT2D eigenvalue weighted by Gasteiger charge is -2.29. The van der Waals surface area contributed by atoms with Crippen LogP contribution in [0.2, 0.25) is 0 Å². The van der Waals surface area contributed by atoms with Crippen molar-refractivity contribution in [3.63, 3.8) is 0 Å². The summed E-state index contributed by atoms with van der Waals surface area (Å²) in [5, 5.41) is 0.483. The lowest BCUT2D eigenvalue weighted by Crippen LogP contribution is -2.34. The van der Waals surface area contributed by atoms with E-state index in [-0.39, 0.29) is 5.56 Å². The van der Waals surface area contributed by atoms with Crippen LogP contribution in [-0.4, -0.2) is 40.3 Å². The number of fused-ring (bicyclic) bond motifs is 2. The third kappa shape index (κ3) is 3.64. The van der Waals surface area contributed by atoms with Gasteiger partial charge in [0.2, 0.25) is 5.95 Å². The molecule has 1 aliphatic carbocycles. The van der Waals surface area contributed by atoms with Crippen LogP contribution in [0.25, 0.3) is 10.9 Å². The van der Waals surface area contributed by atoms with Crippen molar-refractivity contribution >= 4 is 16.9 Å². The van der Waals surface area contributed by atoms with Gasteiger partial charge < -0.3 is 23.9 Å². The summed E-state index contributed by atoms with van der Waals surface area (Å²) in [6.07, 6.45) is 10.7. The molecule has 1 saturated carbocycles. The summed E-state index contributed by atoms with van der Waals surface area (Å²) >= 11 is 0. The lowest BCUT2D eigenvalue weighted by molar-refractivity contribution is 0.355. The fourth-order valence-corrected chi connectivity index (χ4v) is 4.98. The van der Waals surface area contributed by atoms with E-state index < -0.39 is 0 Å². The van der Waals surface area contributed by atoms with Gasteiger partial charge in [-0.2, -0.15) is 4.98 Å². The van der Waals surface area contributed by atoms with Crippen molar-refractivity contribution in [2.75, 3.05) is 25.7 Å². The second kappa shape index (κ2) is 8.24. The predicted octanol–water partition coefficient (Wildman–Crippen LogP) is 3.59. The Morgan fingerprint density at radius 3 is 2.55 bits per heavy atom. The smallest absolute Gasteiger partial charge is 0.282 e. The number of rotatable bonds is 4. The molecule has 3 aromatic rings. The van der Waals surface area contributed by atoms with Crippen LogP contribution in [-0.2, 0) is 13.0 Å². The number of H-pyrrole nitrogens is 1. The zero-order chi connectivity index (χ0) is 21.4. The SMILES string of the molecule is COc1cc2[nH]c(N3CCc4c(ncn4C4CCCCCC4)C3)nc(=O)c2cc1OC. The summed E-state index contributed by atoms with van der Waals surface area (Å²) in [6, 6.07) is 4.04. The molecule has 0 atom stereocenters. The third-order valence-electron chi connectivity index (χ3n) is 6.67. The van der Waals surface area contributed by atoms with Gasteiger partial charge in [-0.3, -0.25) is 4.79 Å². The summed E-state index contributed by atoms with van der Waals surface area (Å²) in [5.74, 6) is 1.66. The Labute approximate surface area is 181 Å². The van der Waals surface area contributed by atoms with E-state index in [2.05, 4.69) is 19.4 Å². The van der Waals surface area contributed by atoms with Crippen molar-refractivity contribution in [2.45, 2.75) is 57.5 Å². The minimum atomic E-state index is -0.278. The lowest BCUT2D eigenvalue weighted by atomic mass is 10.1. The van der Waals surface area contributed by atoms with Gasteiger partial charge in [0.25, 0.3) is 5.56 Å². The Hall–Kier alpha value is -3.03. The maximum absolute atomic E-state index is 12.7. The number of nitrogens with one attached hydrogen (secondary N) is 1. The van der Waals surface area contributed by atoms with Gasteiger partial charge in [0.1, 0.15) is 0 Å². The number of aromatic nitrogens is 4. The maximum Gasteiger partial charge on any atom is 0.282 e. The number of imidazole rings is 1. The van der Waals surface area contributed by atoms with Crippen molar-refractivity contribution in [1.82, 2.24) is 19.5 Å². The van der Waals surface area contributed by atoms with Crippen LogP contribution < -0.4 is 19.9 Å². The first-order valence-electron chi connectivity index (χ1n) is 11.1. The summed E-state index contributed by atoms with van der Waals surface area (Å²) < 4.78 is 13.1. The second-order valence-corrected chi connectivity index (χ2v) is 8.48. The highest BCUT2D eigenvalue weighted by Gasteiger charge is 2.26. The molecule has 2 aliphatic rings. The highest BCUT2D eigenvalue weighted by Crippen LogP contribution is 2.33. The van der Waals surface area contributed by atoms with E-state index in [1.54, 1.807) is 26.4 Å². The first-order valence-corrected chi connectivity index (χ1v) is 11.1. The molecule has 0 bridgehead atoms. The summed E-state index contributed by atoms with van der Waals surface area (Å²) in [5.41, 5.74) is 2.84. The Morgan fingerprint density at radius 1 is 1.06 bits per heavy atom. The Kier molecular flexibility index (Phi) is 5.29. The molecule has 0 spiro atoms. The number of hydrogen-bond acceptors (Lipinski definition) is 6. The molecule has 3 heterocycles. The van der Waals surface area contributed by atoms with Crippen LogP contribution >= 0.6 is 0 Å². The molecule has 1 N–H and O–H groups in total. The van der Waals surface area contributed by atoms with Crippen molar-refractivity contribution in [3.8, 4) is 11.5 Å². The summed E-state index contributed by atoms with van der Waals surface area (Å²) in [6.45, 7) is 1.45.